The van der Waals surface area contributed by atoms with Crippen LogP contribution >= 0.6 is 0 Å². The highest BCUT2D eigenvalue weighted by Crippen LogP contribution is 2.27. The summed E-state index contributed by atoms with van der Waals surface area (Å²) in [5.74, 6) is 1.43. The lowest BCUT2D eigenvalue weighted by molar-refractivity contribution is 0.975. The fourth-order valence-electron chi connectivity index (χ4n) is 2.76. The molecule has 3 aromatic heterocycles. The van der Waals surface area contributed by atoms with Gasteiger partial charge in [-0.1, -0.05) is 30.3 Å². The van der Waals surface area contributed by atoms with Crippen LogP contribution in [0.1, 0.15) is 0 Å². The van der Waals surface area contributed by atoms with Crippen molar-refractivity contribution in [1.82, 2.24) is 30.0 Å². The topological polar surface area (TPSA) is 92.6 Å². The molecule has 1 aliphatic rings. The minimum Gasteiger partial charge on any atom is -0.302 e. The maximum Gasteiger partial charge on any atom is 0.161 e. The molecule has 0 spiro atoms. The smallest absolute Gasteiger partial charge is 0.161 e. The number of aromatic nitrogens is 5. The highest BCUT2D eigenvalue weighted by molar-refractivity contribution is 5.75. The Labute approximate surface area is 148 Å². The number of imidazole rings is 1. The molecule has 0 unspecified atom stereocenters. The summed E-state index contributed by atoms with van der Waals surface area (Å²) in [7, 11) is 0. The molecule has 8 nitrogen and oxygen atoms in total. The molecule has 0 atom stereocenters. The summed E-state index contributed by atoms with van der Waals surface area (Å²) in [6, 6.07) is 13.7. The largest absolute Gasteiger partial charge is 0.302 e. The molecule has 0 radical (unpaired) electrons. The molecule has 8 heteroatoms. The van der Waals surface area contributed by atoms with Crippen LogP contribution in [-0.2, 0) is 0 Å². The lowest BCUT2D eigenvalue weighted by Crippen LogP contribution is -2.19. The van der Waals surface area contributed by atoms with Gasteiger partial charge in [0, 0.05) is 18.0 Å². The second-order valence-electron chi connectivity index (χ2n) is 5.76. The van der Waals surface area contributed by atoms with E-state index in [2.05, 4.69) is 36.3 Å². The van der Waals surface area contributed by atoms with E-state index in [4.69, 9.17) is 0 Å². The minimum atomic E-state index is 0.676. The third-order valence-electron chi connectivity index (χ3n) is 4.08. The van der Waals surface area contributed by atoms with Gasteiger partial charge >= 0.3 is 0 Å². The van der Waals surface area contributed by atoms with E-state index in [9.17, 15) is 0 Å². The van der Waals surface area contributed by atoms with Crippen molar-refractivity contribution < 1.29 is 0 Å². The van der Waals surface area contributed by atoms with Crippen LogP contribution in [0.2, 0.25) is 0 Å². The number of nitrogens with zero attached hydrogens (tertiary/aromatic N) is 5. The average molecular weight is 342 g/mol. The van der Waals surface area contributed by atoms with Gasteiger partial charge in [0.05, 0.1) is 23.3 Å². The van der Waals surface area contributed by atoms with Gasteiger partial charge in [0.1, 0.15) is 17.8 Å². The molecular formula is C18H14N8. The van der Waals surface area contributed by atoms with E-state index >= 15 is 0 Å². The van der Waals surface area contributed by atoms with Crippen molar-refractivity contribution in [1.29, 1.82) is 0 Å². The molecule has 0 bridgehead atoms. The zero-order chi connectivity index (χ0) is 17.3. The van der Waals surface area contributed by atoms with Gasteiger partial charge in [0.2, 0.25) is 0 Å². The number of fused-ring (bicyclic) bond motifs is 1. The van der Waals surface area contributed by atoms with Crippen molar-refractivity contribution in [3.63, 3.8) is 0 Å². The molecule has 26 heavy (non-hydrogen) atoms. The van der Waals surface area contributed by atoms with E-state index in [0.717, 1.165) is 34.1 Å². The number of anilines is 2. The van der Waals surface area contributed by atoms with Crippen LogP contribution in [-0.4, -0.2) is 24.5 Å². The zero-order valence-corrected chi connectivity index (χ0v) is 13.6. The summed E-state index contributed by atoms with van der Waals surface area (Å²) in [6.07, 6.45) is 7.14. The van der Waals surface area contributed by atoms with E-state index in [1.807, 2.05) is 53.2 Å². The lowest BCUT2D eigenvalue weighted by Gasteiger charge is -2.04. The Morgan fingerprint density at radius 2 is 1.73 bits per heavy atom. The molecule has 3 N–H and O–H groups in total. The highest BCUT2D eigenvalue weighted by atomic mass is 15.6. The Kier molecular flexibility index (Phi) is 3.32. The molecule has 5 rings (SSSR count). The summed E-state index contributed by atoms with van der Waals surface area (Å²) in [6.45, 7) is 0. The number of hydrazine groups is 2. The highest BCUT2D eigenvalue weighted by Gasteiger charge is 2.13. The van der Waals surface area contributed by atoms with Crippen LogP contribution in [0, 0.1) is 0 Å². The molecular weight excluding hydrogens is 328 g/mol. The first-order chi connectivity index (χ1) is 12.9. The molecule has 1 aliphatic heterocycles. The van der Waals surface area contributed by atoms with Gasteiger partial charge < -0.3 is 10.9 Å². The minimum absolute atomic E-state index is 0.676. The second-order valence-corrected chi connectivity index (χ2v) is 5.76. The monoisotopic (exact) mass is 342 g/mol. The molecule has 0 amide bonds. The second kappa shape index (κ2) is 5.94. The normalized spacial score (nSPS) is 12.3. The summed E-state index contributed by atoms with van der Waals surface area (Å²) in [4.78, 5) is 17.9. The maximum atomic E-state index is 4.64. The van der Waals surface area contributed by atoms with Crippen molar-refractivity contribution in [2.75, 3.05) is 10.9 Å². The van der Waals surface area contributed by atoms with Gasteiger partial charge in [0.15, 0.2) is 5.82 Å². The van der Waals surface area contributed by atoms with Crippen LogP contribution in [0.15, 0.2) is 67.4 Å². The summed E-state index contributed by atoms with van der Waals surface area (Å²) < 4.78 is 1.86. The Bertz CT molecular complexity index is 1070. The molecule has 4 heterocycles. The standard InChI is InChI=1S/C18H14N8/c1-2-4-12(5-3-1)18-19-7-6-17(22-18)26-10-16(21-11-26)13-8-14-15(9-20-13)24-25-23-14/h1-11,23-25H. The first-order valence-corrected chi connectivity index (χ1v) is 8.07. The van der Waals surface area contributed by atoms with Crippen LogP contribution in [0.3, 0.4) is 0 Å². The van der Waals surface area contributed by atoms with Gasteiger partial charge in [-0.05, 0) is 12.1 Å². The van der Waals surface area contributed by atoms with E-state index in [1.54, 1.807) is 18.7 Å². The molecule has 0 aliphatic carbocycles. The summed E-state index contributed by atoms with van der Waals surface area (Å²) in [5, 5.41) is 0. The van der Waals surface area contributed by atoms with Gasteiger partial charge in [-0.15, -0.1) is 5.53 Å². The van der Waals surface area contributed by atoms with Crippen molar-refractivity contribution in [2.24, 2.45) is 0 Å². The fraction of sp³-hybridized carbons (Fsp3) is 0. The number of hydrogen-bond acceptors (Lipinski definition) is 7. The third kappa shape index (κ3) is 2.54. The molecule has 4 aromatic rings. The Balaban J connectivity index is 1.49. The average Bonchev–Trinajstić information content (AvgIpc) is 3.38. The predicted octanol–water partition coefficient (Wildman–Crippen LogP) is 2.65. The fourth-order valence-corrected chi connectivity index (χ4v) is 2.76. The summed E-state index contributed by atoms with van der Waals surface area (Å²) >= 11 is 0. The first kappa shape index (κ1) is 14.6. The first-order valence-electron chi connectivity index (χ1n) is 8.07. The van der Waals surface area contributed by atoms with Gasteiger partial charge in [0.25, 0.3) is 0 Å². The molecule has 0 saturated carbocycles. The summed E-state index contributed by atoms with van der Waals surface area (Å²) in [5.41, 5.74) is 13.2. The van der Waals surface area contributed by atoms with Crippen molar-refractivity contribution in [2.45, 2.75) is 0 Å². The van der Waals surface area contributed by atoms with Gasteiger partial charge in [-0.25, -0.2) is 15.0 Å². The third-order valence-corrected chi connectivity index (χ3v) is 4.08. The van der Waals surface area contributed by atoms with Crippen LogP contribution < -0.4 is 16.4 Å². The molecule has 126 valence electrons. The number of hydrogen-bond donors (Lipinski definition) is 3. The van der Waals surface area contributed by atoms with Gasteiger partial charge in [-0.2, -0.15) is 0 Å². The Morgan fingerprint density at radius 1 is 0.846 bits per heavy atom. The predicted molar refractivity (Wildman–Crippen MR) is 98.2 cm³/mol. The SMILES string of the molecule is c1ccc(-c2nccc(-n3cnc(-c4cc5c(cn4)NNN5)c3)n2)cc1. The van der Waals surface area contributed by atoms with Crippen LogP contribution in [0.25, 0.3) is 28.6 Å². The van der Waals surface area contributed by atoms with E-state index in [-0.39, 0.29) is 0 Å². The van der Waals surface area contributed by atoms with Crippen LogP contribution in [0.4, 0.5) is 11.4 Å². The number of benzene rings is 1. The molecule has 1 aromatic carbocycles. The molecule has 0 fully saturated rings. The molecule has 0 saturated heterocycles. The van der Waals surface area contributed by atoms with E-state index in [1.165, 1.54) is 0 Å². The zero-order valence-electron chi connectivity index (χ0n) is 13.6. The quantitative estimate of drug-likeness (QED) is 0.527. The van der Waals surface area contributed by atoms with E-state index < -0.39 is 0 Å². The number of pyridine rings is 1. The Hall–Kier alpha value is -3.78. The van der Waals surface area contributed by atoms with Crippen molar-refractivity contribution in [3.05, 3.63) is 67.4 Å². The van der Waals surface area contributed by atoms with E-state index in [0.29, 0.717) is 5.82 Å². The van der Waals surface area contributed by atoms with Gasteiger partial charge in [-0.3, -0.25) is 9.55 Å². The number of rotatable bonds is 3. The number of nitrogens with one attached hydrogen (secondary N) is 3. The Morgan fingerprint density at radius 3 is 2.65 bits per heavy atom. The van der Waals surface area contributed by atoms with Crippen molar-refractivity contribution >= 4 is 11.4 Å². The van der Waals surface area contributed by atoms with Crippen molar-refractivity contribution in [3.8, 4) is 28.6 Å². The van der Waals surface area contributed by atoms with Crippen LogP contribution in [0.5, 0.6) is 0 Å². The maximum absolute atomic E-state index is 4.64. The lowest BCUT2D eigenvalue weighted by atomic mass is 10.2.